The number of carbonyl (C=O) groups excluding carboxylic acids is 1. The summed E-state index contributed by atoms with van der Waals surface area (Å²) in [6.07, 6.45) is 0.911. The molecule has 0 saturated heterocycles. The van der Waals surface area contributed by atoms with Gasteiger partial charge in [0.25, 0.3) is 0 Å². The third-order valence-corrected chi connectivity index (χ3v) is 2.35. The molecule has 20 heavy (non-hydrogen) atoms. The van der Waals surface area contributed by atoms with Crippen LogP contribution in [0.3, 0.4) is 0 Å². The Kier molecular flexibility index (Phi) is 7.46. The van der Waals surface area contributed by atoms with Crippen molar-refractivity contribution >= 4 is 5.97 Å². The maximum Gasteiger partial charge on any atom is 0.376 e. The molecule has 0 aliphatic carbocycles. The van der Waals surface area contributed by atoms with Crippen molar-refractivity contribution in [1.82, 2.24) is 0 Å². The van der Waals surface area contributed by atoms with Gasteiger partial charge in [-0.2, -0.15) is 4.89 Å². The highest BCUT2D eigenvalue weighted by atomic mass is 17.2. The van der Waals surface area contributed by atoms with E-state index in [1.54, 1.807) is 18.2 Å². The van der Waals surface area contributed by atoms with E-state index in [1.165, 1.54) is 20.8 Å². The van der Waals surface area contributed by atoms with Crippen LogP contribution in [-0.4, -0.2) is 33.4 Å². The van der Waals surface area contributed by atoms with Crippen LogP contribution in [0.1, 0.15) is 23.7 Å². The summed E-state index contributed by atoms with van der Waals surface area (Å²) in [5, 5.41) is 0. The van der Waals surface area contributed by atoms with Crippen LogP contribution in [0.5, 0.6) is 11.5 Å². The molecule has 0 spiro atoms. The second-order valence-electron chi connectivity index (χ2n) is 3.75. The molecular formula is C14H19O6. The van der Waals surface area contributed by atoms with Crippen molar-refractivity contribution in [2.45, 2.75) is 13.3 Å². The van der Waals surface area contributed by atoms with Gasteiger partial charge in [0, 0.05) is 6.61 Å². The Morgan fingerprint density at radius 2 is 2.05 bits per heavy atom. The number of hydrogen-bond acceptors (Lipinski definition) is 6. The van der Waals surface area contributed by atoms with Gasteiger partial charge in [0.2, 0.25) is 0 Å². The lowest BCUT2D eigenvalue weighted by Gasteiger charge is -2.11. The fourth-order valence-corrected chi connectivity index (χ4v) is 1.47. The first-order chi connectivity index (χ1) is 9.74. The lowest BCUT2D eigenvalue weighted by atomic mass is 10.2. The summed E-state index contributed by atoms with van der Waals surface area (Å²) in [5.74, 6) is 0.0653. The predicted molar refractivity (Wildman–Crippen MR) is 71.5 cm³/mol. The Morgan fingerprint density at radius 3 is 2.70 bits per heavy atom. The molecule has 1 rings (SSSR count). The zero-order chi connectivity index (χ0) is 14.8. The van der Waals surface area contributed by atoms with E-state index in [1.807, 2.05) is 6.92 Å². The van der Waals surface area contributed by atoms with Gasteiger partial charge >= 0.3 is 5.97 Å². The van der Waals surface area contributed by atoms with Crippen LogP contribution in [0.15, 0.2) is 18.2 Å². The van der Waals surface area contributed by atoms with Crippen molar-refractivity contribution in [2.75, 3.05) is 27.4 Å². The first-order valence-corrected chi connectivity index (χ1v) is 6.22. The van der Waals surface area contributed by atoms with E-state index in [2.05, 4.69) is 9.78 Å². The summed E-state index contributed by atoms with van der Waals surface area (Å²) in [5.41, 5.74) is 0.217. The zero-order valence-electron chi connectivity index (χ0n) is 11.9. The number of benzene rings is 1. The minimum absolute atomic E-state index is 0.217. The Bertz CT molecular complexity index is 418. The average Bonchev–Trinajstić information content (AvgIpc) is 2.49. The van der Waals surface area contributed by atoms with Crippen molar-refractivity contribution in [3.63, 3.8) is 0 Å². The fourth-order valence-electron chi connectivity index (χ4n) is 1.47. The van der Waals surface area contributed by atoms with Gasteiger partial charge in [-0.1, -0.05) is 13.0 Å². The molecule has 1 aromatic rings. The Balaban J connectivity index is 2.51. The molecule has 0 fully saturated rings. The number of ether oxygens (including phenoxy) is 3. The Labute approximate surface area is 118 Å². The molecule has 0 amide bonds. The summed E-state index contributed by atoms with van der Waals surface area (Å²) < 4.78 is 15.4. The van der Waals surface area contributed by atoms with E-state index < -0.39 is 5.97 Å². The van der Waals surface area contributed by atoms with Gasteiger partial charge < -0.3 is 14.2 Å². The molecule has 0 unspecified atom stereocenters. The molecule has 6 heteroatoms. The summed E-state index contributed by atoms with van der Waals surface area (Å²) in [4.78, 5) is 21.2. The monoisotopic (exact) mass is 283 g/mol. The van der Waals surface area contributed by atoms with E-state index >= 15 is 0 Å². The van der Waals surface area contributed by atoms with Gasteiger partial charge in [-0.3, -0.25) is 4.89 Å². The number of para-hydroxylation sites is 1. The zero-order valence-corrected chi connectivity index (χ0v) is 11.9. The smallest absolute Gasteiger partial charge is 0.376 e. The topological polar surface area (TPSA) is 63.2 Å². The summed E-state index contributed by atoms with van der Waals surface area (Å²) in [7, 11) is 2.93. The van der Waals surface area contributed by atoms with Crippen molar-refractivity contribution in [3.05, 3.63) is 30.4 Å². The van der Waals surface area contributed by atoms with Crippen molar-refractivity contribution < 1.29 is 28.8 Å². The van der Waals surface area contributed by atoms with Crippen molar-refractivity contribution in [3.8, 4) is 11.5 Å². The van der Waals surface area contributed by atoms with Crippen molar-refractivity contribution in [1.29, 1.82) is 0 Å². The molecule has 1 aromatic carbocycles. The quantitative estimate of drug-likeness (QED) is 0.394. The van der Waals surface area contributed by atoms with Crippen LogP contribution in [0.25, 0.3) is 0 Å². The average molecular weight is 283 g/mol. The maximum absolute atomic E-state index is 11.8. The van der Waals surface area contributed by atoms with Crippen molar-refractivity contribution in [2.24, 2.45) is 0 Å². The molecule has 0 atom stereocenters. The van der Waals surface area contributed by atoms with E-state index in [0.717, 1.165) is 6.42 Å². The minimum atomic E-state index is -0.674. The standard InChI is InChI=1S/C14H19O6/c1-4-8-18-9-10-19-20-14(15)11-6-5-7-12(16-2)13(11)17-3/h5-7,10H,4,8-9H2,1-3H3. The van der Waals surface area contributed by atoms with Crippen LogP contribution < -0.4 is 9.47 Å². The molecule has 0 N–H and O–H groups in total. The molecule has 0 aliphatic heterocycles. The molecule has 1 radical (unpaired) electrons. The minimum Gasteiger partial charge on any atom is -0.493 e. The van der Waals surface area contributed by atoms with Gasteiger partial charge in [0.05, 0.1) is 20.8 Å². The normalized spacial score (nSPS) is 10.2. The number of rotatable bonds is 9. The molecule has 0 aliphatic rings. The van der Waals surface area contributed by atoms with Gasteiger partial charge in [0.1, 0.15) is 5.56 Å². The van der Waals surface area contributed by atoms with Gasteiger partial charge in [0.15, 0.2) is 18.1 Å². The van der Waals surface area contributed by atoms with E-state index in [0.29, 0.717) is 18.1 Å². The van der Waals surface area contributed by atoms with E-state index in [4.69, 9.17) is 14.2 Å². The van der Waals surface area contributed by atoms with Gasteiger partial charge in [-0.05, 0) is 18.6 Å². The highest BCUT2D eigenvalue weighted by Crippen LogP contribution is 2.31. The fraction of sp³-hybridized carbons (Fsp3) is 0.429. The highest BCUT2D eigenvalue weighted by molar-refractivity contribution is 5.93. The lowest BCUT2D eigenvalue weighted by molar-refractivity contribution is -0.218. The molecule has 0 saturated carbocycles. The van der Waals surface area contributed by atoms with Gasteiger partial charge in [-0.15, -0.1) is 0 Å². The Morgan fingerprint density at radius 1 is 1.25 bits per heavy atom. The molecule has 0 heterocycles. The van der Waals surface area contributed by atoms with Gasteiger partial charge in [-0.25, -0.2) is 4.79 Å². The third kappa shape index (κ3) is 4.71. The highest BCUT2D eigenvalue weighted by Gasteiger charge is 2.18. The Hall–Kier alpha value is -1.79. The third-order valence-electron chi connectivity index (χ3n) is 2.35. The molecule has 0 bridgehead atoms. The molecule has 0 aromatic heterocycles. The first-order valence-electron chi connectivity index (χ1n) is 6.22. The van der Waals surface area contributed by atoms with Crippen LogP contribution >= 0.6 is 0 Å². The second-order valence-corrected chi connectivity index (χ2v) is 3.75. The number of hydrogen-bond donors (Lipinski definition) is 0. The van der Waals surface area contributed by atoms with E-state index in [9.17, 15) is 4.79 Å². The van der Waals surface area contributed by atoms with Crippen LogP contribution in [0.4, 0.5) is 0 Å². The number of carbonyl (C=O) groups is 1. The lowest BCUT2D eigenvalue weighted by Crippen LogP contribution is -2.09. The molecule has 6 nitrogen and oxygen atoms in total. The van der Waals surface area contributed by atoms with Crippen LogP contribution in [-0.2, 0) is 14.5 Å². The predicted octanol–water partition coefficient (Wildman–Crippen LogP) is 2.38. The first kappa shape index (κ1) is 16.3. The number of methoxy groups -OCH3 is 2. The van der Waals surface area contributed by atoms with Crippen LogP contribution in [0, 0.1) is 6.61 Å². The second kappa shape index (κ2) is 9.17. The summed E-state index contributed by atoms with van der Waals surface area (Å²) in [6.45, 7) is 4.13. The molecule has 111 valence electrons. The van der Waals surface area contributed by atoms with Crippen LogP contribution in [0.2, 0.25) is 0 Å². The molecular weight excluding hydrogens is 264 g/mol. The van der Waals surface area contributed by atoms with E-state index in [-0.39, 0.29) is 12.2 Å². The largest absolute Gasteiger partial charge is 0.493 e. The summed E-state index contributed by atoms with van der Waals surface area (Å²) in [6, 6.07) is 4.90. The maximum atomic E-state index is 11.8. The SMILES string of the molecule is CCCOC[CH]OOC(=O)c1cccc(OC)c1OC. The summed E-state index contributed by atoms with van der Waals surface area (Å²) >= 11 is 0.